The Morgan fingerprint density at radius 2 is 2.40 bits per heavy atom. The van der Waals surface area contributed by atoms with Gasteiger partial charge in [-0.2, -0.15) is 0 Å². The second kappa shape index (κ2) is 4.89. The molecule has 0 saturated carbocycles. The van der Waals surface area contributed by atoms with Gasteiger partial charge in [-0.25, -0.2) is 9.78 Å². The van der Waals surface area contributed by atoms with Crippen molar-refractivity contribution in [3.8, 4) is 0 Å². The molecule has 0 amide bonds. The molecule has 1 unspecified atom stereocenters. The highest BCUT2D eigenvalue weighted by Gasteiger charge is 2.51. The van der Waals surface area contributed by atoms with E-state index in [9.17, 15) is 9.90 Å². The number of pyridine rings is 1. The van der Waals surface area contributed by atoms with Gasteiger partial charge in [0, 0.05) is 31.1 Å². The van der Waals surface area contributed by atoms with Gasteiger partial charge in [-0.15, -0.1) is 5.10 Å². The fraction of sp³-hybridized carbons (Fsp3) is 0.333. The topological polar surface area (TPSA) is 104 Å². The minimum Gasteiger partial charge on any atom is -0.479 e. The van der Waals surface area contributed by atoms with E-state index in [1.165, 1.54) is 6.20 Å². The molecule has 1 aliphatic heterocycles. The van der Waals surface area contributed by atoms with Crippen LogP contribution in [-0.2, 0) is 10.3 Å². The Morgan fingerprint density at radius 1 is 1.50 bits per heavy atom. The number of piperazine rings is 1. The number of hydrogen-bond donors (Lipinski definition) is 2. The fourth-order valence-corrected chi connectivity index (χ4v) is 2.44. The Labute approximate surface area is 114 Å². The molecule has 1 aliphatic rings. The summed E-state index contributed by atoms with van der Waals surface area (Å²) in [6.07, 6.45) is 2.96. The first-order valence-electron chi connectivity index (χ1n) is 6.16. The number of hydrogen-bond acceptors (Lipinski definition) is 7. The summed E-state index contributed by atoms with van der Waals surface area (Å²) in [6, 6.07) is 5.37. The Balaban J connectivity index is 2.12. The quantitative estimate of drug-likeness (QED) is 0.797. The van der Waals surface area contributed by atoms with Crippen molar-refractivity contribution in [2.75, 3.05) is 24.5 Å². The summed E-state index contributed by atoms with van der Waals surface area (Å²) in [4.78, 5) is 17.9. The molecule has 2 aromatic rings. The minimum absolute atomic E-state index is 0.183. The van der Waals surface area contributed by atoms with Crippen LogP contribution >= 0.6 is 0 Å². The Bertz CT molecular complexity index is 588. The normalized spacial score (nSPS) is 22.7. The van der Waals surface area contributed by atoms with Gasteiger partial charge in [0.25, 0.3) is 0 Å². The lowest BCUT2D eigenvalue weighted by atomic mass is 9.92. The van der Waals surface area contributed by atoms with Gasteiger partial charge in [0.1, 0.15) is 5.82 Å². The third kappa shape index (κ3) is 1.81. The molecule has 20 heavy (non-hydrogen) atoms. The van der Waals surface area contributed by atoms with Gasteiger partial charge in [-0.3, -0.25) is 0 Å². The van der Waals surface area contributed by atoms with Crippen LogP contribution in [0, 0.1) is 0 Å². The first-order chi connectivity index (χ1) is 9.75. The monoisotopic (exact) mass is 275 g/mol. The van der Waals surface area contributed by atoms with Crippen molar-refractivity contribution in [1.29, 1.82) is 0 Å². The van der Waals surface area contributed by atoms with Crippen molar-refractivity contribution in [2.24, 2.45) is 0 Å². The summed E-state index contributed by atoms with van der Waals surface area (Å²) in [5.41, 5.74) is -1.39. The molecule has 0 radical (unpaired) electrons. The lowest BCUT2D eigenvalue weighted by Crippen LogP contribution is -2.63. The van der Waals surface area contributed by atoms with Gasteiger partial charge in [0.05, 0.1) is 6.20 Å². The number of aliphatic carboxylic acids is 1. The Hall–Kier alpha value is -2.48. The molecule has 1 fully saturated rings. The van der Waals surface area contributed by atoms with Crippen molar-refractivity contribution in [1.82, 2.24) is 20.7 Å². The van der Waals surface area contributed by atoms with E-state index in [0.29, 0.717) is 18.9 Å². The van der Waals surface area contributed by atoms with E-state index < -0.39 is 11.5 Å². The molecule has 3 heterocycles. The zero-order valence-electron chi connectivity index (χ0n) is 10.6. The average Bonchev–Trinajstić information content (AvgIpc) is 3.02. The van der Waals surface area contributed by atoms with E-state index in [1.807, 2.05) is 6.07 Å². The number of carbonyl (C=O) groups is 1. The third-order valence-electron chi connectivity index (χ3n) is 3.40. The Kier molecular flexibility index (Phi) is 3.07. The molecule has 0 spiro atoms. The van der Waals surface area contributed by atoms with E-state index in [1.54, 1.807) is 23.2 Å². The van der Waals surface area contributed by atoms with Crippen LogP contribution in [-0.4, -0.2) is 46.1 Å². The number of aromatic nitrogens is 3. The highest BCUT2D eigenvalue weighted by molar-refractivity contribution is 5.84. The van der Waals surface area contributed by atoms with Crippen molar-refractivity contribution >= 4 is 11.8 Å². The van der Waals surface area contributed by atoms with Crippen LogP contribution in [0.1, 0.15) is 5.76 Å². The molecule has 8 heteroatoms. The third-order valence-corrected chi connectivity index (χ3v) is 3.40. The van der Waals surface area contributed by atoms with Crippen molar-refractivity contribution in [3.05, 3.63) is 36.4 Å². The first-order valence-corrected chi connectivity index (χ1v) is 6.16. The molecule has 1 saturated heterocycles. The molecule has 104 valence electrons. The van der Waals surface area contributed by atoms with E-state index in [-0.39, 0.29) is 12.3 Å². The number of carboxylic acids is 1. The summed E-state index contributed by atoms with van der Waals surface area (Å²) < 4.78 is 5.04. The maximum Gasteiger partial charge on any atom is 0.339 e. The van der Waals surface area contributed by atoms with Gasteiger partial charge >= 0.3 is 5.97 Å². The predicted molar refractivity (Wildman–Crippen MR) is 68.1 cm³/mol. The van der Waals surface area contributed by atoms with Gasteiger partial charge in [-0.05, 0) is 12.1 Å². The van der Waals surface area contributed by atoms with Crippen LogP contribution in [0.2, 0.25) is 0 Å². The Morgan fingerprint density at radius 3 is 3.05 bits per heavy atom. The number of carboxylic acid groups (broad SMARTS) is 1. The molecular formula is C12H13N5O3. The molecule has 0 aromatic carbocycles. The van der Waals surface area contributed by atoms with Crippen LogP contribution in [0.5, 0.6) is 0 Å². The molecule has 8 nitrogen and oxygen atoms in total. The highest BCUT2D eigenvalue weighted by Crippen LogP contribution is 2.33. The van der Waals surface area contributed by atoms with Crippen molar-refractivity contribution in [3.63, 3.8) is 0 Å². The van der Waals surface area contributed by atoms with Crippen LogP contribution in [0.3, 0.4) is 0 Å². The smallest absolute Gasteiger partial charge is 0.339 e. The lowest BCUT2D eigenvalue weighted by Gasteiger charge is -2.42. The standard InChI is InChI=1S/C12H13N5O3/c18-11(19)12(9-7-15-16-20-9)8-13-5-6-17(12)10-3-1-2-4-14-10/h1-4,7,13H,5-6,8H2,(H,18,19). The molecule has 3 rings (SSSR count). The molecule has 0 bridgehead atoms. The number of rotatable bonds is 3. The summed E-state index contributed by atoms with van der Waals surface area (Å²) in [7, 11) is 0. The molecular weight excluding hydrogens is 262 g/mol. The largest absolute Gasteiger partial charge is 0.479 e. The SMILES string of the molecule is O=C(O)C1(c2cnno2)CNCCN1c1ccccn1. The summed E-state index contributed by atoms with van der Waals surface area (Å²) >= 11 is 0. The summed E-state index contributed by atoms with van der Waals surface area (Å²) in [5, 5.41) is 19.8. The molecule has 2 N–H and O–H groups in total. The fourth-order valence-electron chi connectivity index (χ4n) is 2.44. The average molecular weight is 275 g/mol. The maximum absolute atomic E-state index is 11.9. The van der Waals surface area contributed by atoms with Crippen LogP contribution in [0.4, 0.5) is 5.82 Å². The highest BCUT2D eigenvalue weighted by atomic mass is 16.5. The summed E-state index contributed by atoms with van der Waals surface area (Å²) in [5.74, 6) is -0.274. The van der Waals surface area contributed by atoms with Gasteiger partial charge in [0.2, 0.25) is 5.54 Å². The maximum atomic E-state index is 11.9. The van der Waals surface area contributed by atoms with Crippen molar-refractivity contribution in [2.45, 2.75) is 5.54 Å². The van der Waals surface area contributed by atoms with E-state index in [4.69, 9.17) is 4.52 Å². The zero-order valence-corrected chi connectivity index (χ0v) is 10.6. The first kappa shape index (κ1) is 12.5. The van der Waals surface area contributed by atoms with E-state index in [2.05, 4.69) is 20.7 Å². The van der Waals surface area contributed by atoms with Crippen molar-refractivity contribution < 1.29 is 14.4 Å². The van der Waals surface area contributed by atoms with Crippen LogP contribution in [0.25, 0.3) is 0 Å². The lowest BCUT2D eigenvalue weighted by molar-refractivity contribution is -0.145. The van der Waals surface area contributed by atoms with E-state index >= 15 is 0 Å². The van der Waals surface area contributed by atoms with Crippen LogP contribution in [0.15, 0.2) is 35.1 Å². The zero-order chi connectivity index (χ0) is 14.0. The van der Waals surface area contributed by atoms with Crippen LogP contribution < -0.4 is 10.2 Å². The molecule has 0 aliphatic carbocycles. The summed E-state index contributed by atoms with van der Waals surface area (Å²) in [6.45, 7) is 1.34. The minimum atomic E-state index is -1.39. The second-order valence-corrected chi connectivity index (χ2v) is 4.46. The molecule has 1 atom stereocenters. The van der Waals surface area contributed by atoms with Gasteiger partial charge in [0.15, 0.2) is 5.76 Å². The molecule has 2 aromatic heterocycles. The number of anilines is 1. The number of nitrogens with zero attached hydrogens (tertiary/aromatic N) is 4. The van der Waals surface area contributed by atoms with Gasteiger partial charge in [-0.1, -0.05) is 6.07 Å². The number of nitrogens with one attached hydrogen (secondary N) is 1. The second-order valence-electron chi connectivity index (χ2n) is 4.46. The van der Waals surface area contributed by atoms with Gasteiger partial charge < -0.3 is 19.8 Å². The van der Waals surface area contributed by atoms with E-state index in [0.717, 1.165) is 0 Å². The predicted octanol–water partition coefficient (Wildman–Crippen LogP) is -0.146.